The topological polar surface area (TPSA) is 38.3 Å². The Balaban J connectivity index is 2.01. The van der Waals surface area contributed by atoms with Crippen LogP contribution in [-0.2, 0) is 0 Å². The number of halogens is 2. The van der Waals surface area contributed by atoms with Crippen molar-refractivity contribution in [3.05, 3.63) is 70.6 Å². The number of nitrogens with one attached hydrogen (secondary N) is 1. The van der Waals surface area contributed by atoms with E-state index in [0.717, 1.165) is 0 Å². The Morgan fingerprint density at radius 1 is 1.24 bits per heavy atom. The quantitative estimate of drug-likeness (QED) is 0.641. The fraction of sp³-hybridized carbons (Fsp3) is 0.0625. The van der Waals surface area contributed by atoms with Gasteiger partial charge in [-0.1, -0.05) is 15.9 Å². The summed E-state index contributed by atoms with van der Waals surface area (Å²) in [5.74, 6) is 0.110. The molecule has 21 heavy (non-hydrogen) atoms. The fourth-order valence-corrected chi connectivity index (χ4v) is 2.00. The van der Waals surface area contributed by atoms with E-state index in [-0.39, 0.29) is 5.78 Å². The molecule has 0 saturated heterocycles. The van der Waals surface area contributed by atoms with Crippen LogP contribution in [0.25, 0.3) is 0 Å². The highest BCUT2D eigenvalue weighted by Crippen LogP contribution is 2.19. The highest BCUT2D eigenvalue weighted by atomic mass is 79.9. The normalized spacial score (nSPS) is 10.6. The van der Waals surface area contributed by atoms with Gasteiger partial charge >= 0.3 is 0 Å². The Hall–Kier alpha value is -2.14. The summed E-state index contributed by atoms with van der Waals surface area (Å²) in [6.45, 7) is 0. The maximum Gasteiger partial charge on any atom is 0.187 e. The average molecular weight is 350 g/mol. The molecule has 0 aromatic heterocycles. The molecule has 2 rings (SSSR count). The summed E-state index contributed by atoms with van der Waals surface area (Å²) >= 11 is 3.18. The second-order valence-corrected chi connectivity index (χ2v) is 5.11. The van der Waals surface area contributed by atoms with Crippen molar-refractivity contribution in [2.45, 2.75) is 0 Å². The predicted octanol–water partition coefficient (Wildman–Crippen LogP) is 4.41. The van der Waals surface area contributed by atoms with Crippen LogP contribution in [-0.4, -0.2) is 12.9 Å². The smallest absolute Gasteiger partial charge is 0.187 e. The number of benzene rings is 2. The van der Waals surface area contributed by atoms with Crippen molar-refractivity contribution in [1.29, 1.82) is 0 Å². The number of anilines is 1. The lowest BCUT2D eigenvalue weighted by Crippen LogP contribution is -1.97. The van der Waals surface area contributed by atoms with Gasteiger partial charge in [0.15, 0.2) is 5.78 Å². The van der Waals surface area contributed by atoms with Gasteiger partial charge in [0, 0.05) is 22.3 Å². The summed E-state index contributed by atoms with van der Waals surface area (Å²) in [7, 11) is 1.56. The Morgan fingerprint density at radius 3 is 2.57 bits per heavy atom. The summed E-state index contributed by atoms with van der Waals surface area (Å²) in [4.78, 5) is 11.9. The van der Waals surface area contributed by atoms with Gasteiger partial charge < -0.3 is 10.1 Å². The van der Waals surface area contributed by atoms with Gasteiger partial charge in [0.2, 0.25) is 0 Å². The lowest BCUT2D eigenvalue weighted by atomic mass is 10.1. The molecule has 5 heteroatoms. The minimum atomic E-state index is -0.397. The van der Waals surface area contributed by atoms with Crippen molar-refractivity contribution in [2.24, 2.45) is 0 Å². The van der Waals surface area contributed by atoms with E-state index in [0.29, 0.717) is 21.5 Å². The summed E-state index contributed by atoms with van der Waals surface area (Å²) in [5.41, 5.74) is 0.835. The maximum absolute atomic E-state index is 13.6. The van der Waals surface area contributed by atoms with E-state index in [1.165, 1.54) is 18.3 Å². The molecular weight excluding hydrogens is 337 g/mol. The molecule has 0 aliphatic rings. The number of allylic oxidation sites excluding steroid dienone is 1. The fourth-order valence-electron chi connectivity index (χ4n) is 1.67. The van der Waals surface area contributed by atoms with Crippen LogP contribution in [0.15, 0.2) is 59.2 Å². The van der Waals surface area contributed by atoms with Gasteiger partial charge in [0.05, 0.1) is 12.8 Å². The number of ether oxygens (including phenoxy) is 1. The number of hydrogen-bond acceptors (Lipinski definition) is 3. The van der Waals surface area contributed by atoms with Crippen LogP contribution >= 0.6 is 15.9 Å². The zero-order valence-corrected chi connectivity index (χ0v) is 12.9. The first-order valence-electron chi connectivity index (χ1n) is 6.16. The van der Waals surface area contributed by atoms with Crippen molar-refractivity contribution >= 4 is 27.4 Å². The molecule has 1 N–H and O–H groups in total. The third-order valence-corrected chi connectivity index (χ3v) is 3.27. The van der Waals surface area contributed by atoms with Crippen molar-refractivity contribution in [1.82, 2.24) is 0 Å². The number of hydrogen-bond donors (Lipinski definition) is 1. The third-order valence-electron chi connectivity index (χ3n) is 2.78. The first-order valence-corrected chi connectivity index (χ1v) is 6.96. The Bertz CT molecular complexity index is 668. The lowest BCUT2D eigenvalue weighted by molar-refractivity contribution is 0.104. The molecule has 0 heterocycles. The molecule has 2 aromatic rings. The second kappa shape index (κ2) is 7.04. The highest BCUT2D eigenvalue weighted by Gasteiger charge is 2.03. The van der Waals surface area contributed by atoms with Gasteiger partial charge in [-0.2, -0.15) is 0 Å². The first kappa shape index (κ1) is 15.3. The van der Waals surface area contributed by atoms with Crippen LogP contribution in [0.5, 0.6) is 5.75 Å². The molecule has 0 amide bonds. The van der Waals surface area contributed by atoms with E-state index < -0.39 is 5.82 Å². The molecule has 0 atom stereocenters. The van der Waals surface area contributed by atoms with Gasteiger partial charge in [-0.25, -0.2) is 4.39 Å². The zero-order valence-electron chi connectivity index (χ0n) is 11.3. The minimum Gasteiger partial charge on any atom is -0.497 e. The average Bonchev–Trinajstić information content (AvgIpc) is 2.49. The second-order valence-electron chi connectivity index (χ2n) is 4.19. The predicted molar refractivity (Wildman–Crippen MR) is 84.2 cm³/mol. The lowest BCUT2D eigenvalue weighted by Gasteiger charge is -2.03. The van der Waals surface area contributed by atoms with Gasteiger partial charge in [0.1, 0.15) is 11.6 Å². The van der Waals surface area contributed by atoms with Crippen LogP contribution in [0.3, 0.4) is 0 Å². The molecule has 108 valence electrons. The monoisotopic (exact) mass is 349 g/mol. The van der Waals surface area contributed by atoms with Gasteiger partial charge in [-0.15, -0.1) is 0 Å². The van der Waals surface area contributed by atoms with Gasteiger partial charge in [-0.3, -0.25) is 4.79 Å². The van der Waals surface area contributed by atoms with Crippen molar-refractivity contribution in [2.75, 3.05) is 12.4 Å². The molecule has 0 spiro atoms. The number of carbonyl (C=O) groups excluding carboxylic acids is 1. The van der Waals surface area contributed by atoms with Crippen LogP contribution in [0.1, 0.15) is 10.4 Å². The third kappa shape index (κ3) is 4.16. The van der Waals surface area contributed by atoms with Gasteiger partial charge in [0.25, 0.3) is 0 Å². The number of ketones is 1. The molecule has 0 radical (unpaired) electrons. The summed E-state index contributed by atoms with van der Waals surface area (Å²) < 4.78 is 19.2. The largest absolute Gasteiger partial charge is 0.497 e. The molecule has 2 aromatic carbocycles. The molecule has 0 saturated carbocycles. The van der Waals surface area contributed by atoms with Crippen molar-refractivity contribution in [3.8, 4) is 5.75 Å². The minimum absolute atomic E-state index is 0.178. The van der Waals surface area contributed by atoms with Crippen molar-refractivity contribution in [3.63, 3.8) is 0 Å². The van der Waals surface area contributed by atoms with E-state index >= 15 is 0 Å². The van der Waals surface area contributed by atoms with Crippen molar-refractivity contribution < 1.29 is 13.9 Å². The Kier molecular flexibility index (Phi) is 5.11. The SMILES string of the molecule is COc1ccc(C(=O)/C=C/Nc2ccc(Br)cc2F)cc1. The Morgan fingerprint density at radius 2 is 1.95 bits per heavy atom. The first-order chi connectivity index (χ1) is 10.1. The number of carbonyl (C=O) groups is 1. The molecule has 0 aliphatic heterocycles. The molecule has 0 bridgehead atoms. The highest BCUT2D eigenvalue weighted by molar-refractivity contribution is 9.10. The van der Waals surface area contributed by atoms with Gasteiger partial charge in [-0.05, 0) is 42.5 Å². The van der Waals surface area contributed by atoms with Crippen LogP contribution in [0, 0.1) is 5.82 Å². The van der Waals surface area contributed by atoms with E-state index in [1.807, 2.05) is 0 Å². The van der Waals surface area contributed by atoms with Crippen LogP contribution < -0.4 is 10.1 Å². The van der Waals surface area contributed by atoms with E-state index in [4.69, 9.17) is 4.74 Å². The molecule has 3 nitrogen and oxygen atoms in total. The van der Waals surface area contributed by atoms with E-state index in [2.05, 4.69) is 21.2 Å². The summed E-state index contributed by atoms with van der Waals surface area (Å²) in [6, 6.07) is 11.4. The molecular formula is C16H13BrFNO2. The molecule has 0 unspecified atom stereocenters. The maximum atomic E-state index is 13.6. The summed E-state index contributed by atoms with van der Waals surface area (Å²) in [5, 5.41) is 2.74. The Labute approximate surface area is 130 Å². The van der Waals surface area contributed by atoms with E-state index in [1.54, 1.807) is 43.5 Å². The molecule has 0 fully saturated rings. The standard InChI is InChI=1S/C16H13BrFNO2/c1-21-13-5-2-11(3-6-13)16(20)8-9-19-15-7-4-12(17)10-14(15)18/h2-10,19H,1H3/b9-8+. The zero-order chi connectivity index (χ0) is 15.2. The number of rotatable bonds is 5. The van der Waals surface area contributed by atoms with Crippen LogP contribution in [0.2, 0.25) is 0 Å². The van der Waals surface area contributed by atoms with Crippen LogP contribution in [0.4, 0.5) is 10.1 Å². The summed E-state index contributed by atoms with van der Waals surface area (Å²) in [6.07, 6.45) is 2.77. The number of methoxy groups -OCH3 is 1. The molecule has 0 aliphatic carbocycles. The van der Waals surface area contributed by atoms with E-state index in [9.17, 15) is 9.18 Å².